The molecule has 132 valence electrons. The lowest BCUT2D eigenvalue weighted by Gasteiger charge is -2.26. The lowest BCUT2D eigenvalue weighted by Crippen LogP contribution is -2.32. The van der Waals surface area contributed by atoms with Gasteiger partial charge in [0, 0.05) is 19.5 Å². The molecule has 24 heavy (non-hydrogen) atoms. The summed E-state index contributed by atoms with van der Waals surface area (Å²) in [5.74, 6) is 1.42. The minimum atomic E-state index is -0.976. The van der Waals surface area contributed by atoms with Crippen LogP contribution < -0.4 is 4.74 Å². The molecule has 1 aliphatic heterocycles. The summed E-state index contributed by atoms with van der Waals surface area (Å²) in [5.41, 5.74) is 0.657. The van der Waals surface area contributed by atoms with E-state index in [2.05, 4.69) is 0 Å². The number of rotatable bonds is 6. The number of hydrogen-bond acceptors (Lipinski definition) is 5. The number of allylic oxidation sites excluding steroid dienone is 1. The highest BCUT2D eigenvalue weighted by molar-refractivity contribution is 5.68. The maximum absolute atomic E-state index is 12.2. The van der Waals surface area contributed by atoms with E-state index >= 15 is 0 Å². The number of hydrogen-bond donors (Lipinski definition) is 1. The molecule has 0 aliphatic carbocycles. The molecule has 1 aromatic carbocycles. The summed E-state index contributed by atoms with van der Waals surface area (Å²) in [4.78, 5) is 13.8. The Morgan fingerprint density at radius 1 is 1.29 bits per heavy atom. The first-order chi connectivity index (χ1) is 11.6. The van der Waals surface area contributed by atoms with Crippen LogP contribution in [0.25, 0.3) is 0 Å². The monoisotopic (exact) mass is 335 g/mol. The maximum atomic E-state index is 12.2. The number of methoxy groups -OCH3 is 1. The average molecular weight is 335 g/mol. The second kappa shape index (κ2) is 8.59. The van der Waals surface area contributed by atoms with Crippen molar-refractivity contribution < 1.29 is 24.1 Å². The first-order valence-corrected chi connectivity index (χ1v) is 8.25. The van der Waals surface area contributed by atoms with E-state index in [1.54, 1.807) is 36.3 Å². The second-order valence-corrected chi connectivity index (χ2v) is 5.46. The number of ether oxygens (including phenoxy) is 3. The van der Waals surface area contributed by atoms with Gasteiger partial charge in [-0.1, -0.05) is 12.1 Å². The molecule has 1 amide bonds. The first kappa shape index (κ1) is 18.1. The van der Waals surface area contributed by atoms with Crippen molar-refractivity contribution in [3.63, 3.8) is 0 Å². The molecule has 1 unspecified atom stereocenters. The van der Waals surface area contributed by atoms with Crippen molar-refractivity contribution in [2.75, 3.05) is 26.8 Å². The van der Waals surface area contributed by atoms with Gasteiger partial charge in [0.15, 0.2) is 11.5 Å². The van der Waals surface area contributed by atoms with Crippen LogP contribution >= 0.6 is 0 Å². The van der Waals surface area contributed by atoms with Crippen LogP contribution in [0.2, 0.25) is 0 Å². The Bertz CT molecular complexity index is 578. The smallest absolute Gasteiger partial charge is 0.415 e. The maximum Gasteiger partial charge on any atom is 0.415 e. The molecule has 0 fully saturated rings. The summed E-state index contributed by atoms with van der Waals surface area (Å²) in [7, 11) is 1.59. The molecular weight excluding hydrogens is 310 g/mol. The normalized spacial score (nSPS) is 15.5. The molecule has 6 nitrogen and oxygen atoms in total. The third-order valence-electron chi connectivity index (χ3n) is 3.99. The summed E-state index contributed by atoms with van der Waals surface area (Å²) in [6.45, 7) is 5.42. The average Bonchev–Trinajstić information content (AvgIpc) is 2.62. The fraction of sp³-hybridized carbons (Fsp3) is 0.500. The number of aliphatic hydroxyl groups is 1. The van der Waals surface area contributed by atoms with Crippen molar-refractivity contribution in [3.8, 4) is 5.75 Å². The fourth-order valence-electron chi connectivity index (χ4n) is 2.54. The zero-order chi connectivity index (χ0) is 17.5. The van der Waals surface area contributed by atoms with E-state index in [4.69, 9.17) is 14.2 Å². The molecule has 6 heteroatoms. The highest BCUT2D eigenvalue weighted by Gasteiger charge is 2.27. The highest BCUT2D eigenvalue weighted by atomic mass is 16.6. The Morgan fingerprint density at radius 3 is 2.54 bits per heavy atom. The zero-order valence-corrected chi connectivity index (χ0v) is 14.4. The molecule has 0 saturated heterocycles. The minimum Gasteiger partial charge on any atom is -0.497 e. The summed E-state index contributed by atoms with van der Waals surface area (Å²) in [6.07, 6.45) is -0.0782. The largest absolute Gasteiger partial charge is 0.497 e. The van der Waals surface area contributed by atoms with E-state index < -0.39 is 12.2 Å². The van der Waals surface area contributed by atoms with Crippen molar-refractivity contribution in [2.45, 2.75) is 32.8 Å². The number of aliphatic hydroxyl groups excluding tert-OH is 1. The van der Waals surface area contributed by atoms with E-state index in [0.717, 1.165) is 6.42 Å². The summed E-state index contributed by atoms with van der Waals surface area (Å²) >= 11 is 0. The zero-order valence-electron chi connectivity index (χ0n) is 14.4. The van der Waals surface area contributed by atoms with Gasteiger partial charge in [0.25, 0.3) is 0 Å². The van der Waals surface area contributed by atoms with Crippen molar-refractivity contribution in [2.24, 2.45) is 0 Å². The second-order valence-electron chi connectivity index (χ2n) is 5.46. The van der Waals surface area contributed by atoms with Crippen LogP contribution in [-0.2, 0) is 9.47 Å². The van der Waals surface area contributed by atoms with Crippen LogP contribution in [-0.4, -0.2) is 42.9 Å². The minimum absolute atomic E-state index is 0.312. The molecule has 1 heterocycles. The van der Waals surface area contributed by atoms with Crippen molar-refractivity contribution in [1.82, 2.24) is 4.90 Å². The van der Waals surface area contributed by atoms with E-state index in [9.17, 15) is 9.90 Å². The third kappa shape index (κ3) is 4.20. The molecule has 0 aromatic heterocycles. The van der Waals surface area contributed by atoms with Gasteiger partial charge in [-0.15, -0.1) is 0 Å². The van der Waals surface area contributed by atoms with E-state index in [0.29, 0.717) is 48.9 Å². The molecule has 0 radical (unpaired) electrons. The van der Waals surface area contributed by atoms with Crippen molar-refractivity contribution >= 4 is 6.09 Å². The lowest BCUT2D eigenvalue weighted by atomic mass is 10.0. The van der Waals surface area contributed by atoms with Crippen LogP contribution in [0.4, 0.5) is 4.79 Å². The number of amides is 1. The van der Waals surface area contributed by atoms with Gasteiger partial charge in [0.2, 0.25) is 0 Å². The van der Waals surface area contributed by atoms with Crippen LogP contribution in [0.3, 0.4) is 0 Å². The lowest BCUT2D eigenvalue weighted by molar-refractivity contribution is 0.0580. The van der Waals surface area contributed by atoms with E-state index in [1.165, 1.54) is 0 Å². The summed E-state index contributed by atoms with van der Waals surface area (Å²) in [5, 5.41) is 10.6. The predicted molar refractivity (Wildman–Crippen MR) is 89.6 cm³/mol. The SMILES string of the molecule is CCN(CC)C(=O)OC1=C(C(O)c2ccc(OC)cc2)OCCC1. The van der Waals surface area contributed by atoms with Crippen LogP contribution in [0.1, 0.15) is 38.4 Å². The Hall–Kier alpha value is -2.21. The van der Waals surface area contributed by atoms with Crippen LogP contribution in [0.15, 0.2) is 35.8 Å². The van der Waals surface area contributed by atoms with Gasteiger partial charge in [0.05, 0.1) is 13.7 Å². The van der Waals surface area contributed by atoms with Crippen LogP contribution in [0.5, 0.6) is 5.75 Å². The Labute approximate surface area is 142 Å². The van der Waals surface area contributed by atoms with Gasteiger partial charge in [-0.25, -0.2) is 4.79 Å². The van der Waals surface area contributed by atoms with Gasteiger partial charge in [-0.05, 0) is 38.0 Å². The number of carbonyl (C=O) groups excluding carboxylic acids is 1. The Morgan fingerprint density at radius 2 is 1.96 bits per heavy atom. The van der Waals surface area contributed by atoms with Crippen LogP contribution in [0, 0.1) is 0 Å². The summed E-state index contributed by atoms with van der Waals surface area (Å²) in [6, 6.07) is 7.06. The molecular formula is C18H25NO5. The Balaban J connectivity index is 2.21. The number of nitrogens with zero attached hydrogens (tertiary/aromatic N) is 1. The molecule has 0 bridgehead atoms. The van der Waals surface area contributed by atoms with E-state index in [-0.39, 0.29) is 0 Å². The number of carbonyl (C=O) groups is 1. The molecule has 0 spiro atoms. The molecule has 2 rings (SSSR count). The molecule has 1 aliphatic rings. The fourth-order valence-corrected chi connectivity index (χ4v) is 2.54. The highest BCUT2D eigenvalue weighted by Crippen LogP contribution is 2.32. The molecule has 0 saturated carbocycles. The van der Waals surface area contributed by atoms with Gasteiger partial charge >= 0.3 is 6.09 Å². The van der Waals surface area contributed by atoms with Crippen molar-refractivity contribution in [3.05, 3.63) is 41.3 Å². The first-order valence-electron chi connectivity index (χ1n) is 8.25. The third-order valence-corrected chi connectivity index (χ3v) is 3.99. The standard InChI is InChI=1S/C18H25NO5/c1-4-19(5-2)18(21)24-15-7-6-12-23-17(15)16(20)13-8-10-14(22-3)11-9-13/h8-11,16,20H,4-7,12H2,1-3H3. The molecule has 1 N–H and O–H groups in total. The quantitative estimate of drug-likeness (QED) is 0.864. The molecule has 1 atom stereocenters. The van der Waals surface area contributed by atoms with Gasteiger partial charge in [-0.3, -0.25) is 0 Å². The van der Waals surface area contributed by atoms with Gasteiger partial charge in [-0.2, -0.15) is 0 Å². The Kier molecular flexibility index (Phi) is 6.49. The predicted octanol–water partition coefficient (Wildman–Crippen LogP) is 3.23. The summed E-state index contributed by atoms with van der Waals surface area (Å²) < 4.78 is 16.2. The van der Waals surface area contributed by atoms with Gasteiger partial charge < -0.3 is 24.2 Å². The molecule has 1 aromatic rings. The van der Waals surface area contributed by atoms with Gasteiger partial charge in [0.1, 0.15) is 11.9 Å². The number of benzene rings is 1. The van der Waals surface area contributed by atoms with Crippen molar-refractivity contribution in [1.29, 1.82) is 0 Å². The van der Waals surface area contributed by atoms with E-state index in [1.807, 2.05) is 13.8 Å². The topological polar surface area (TPSA) is 68.2 Å².